The van der Waals surface area contributed by atoms with Gasteiger partial charge in [-0.15, -0.1) is 0 Å². The average Bonchev–Trinajstić information content (AvgIpc) is 3.83. The van der Waals surface area contributed by atoms with Crippen molar-refractivity contribution in [3.05, 3.63) is 102 Å². The Morgan fingerprint density at radius 1 is 0.767 bits per heavy atom. The van der Waals surface area contributed by atoms with Gasteiger partial charge in [0.15, 0.2) is 5.65 Å². The van der Waals surface area contributed by atoms with Crippen molar-refractivity contribution in [3.8, 4) is 11.5 Å². The summed E-state index contributed by atoms with van der Waals surface area (Å²) in [4.78, 5) is 72.3. The van der Waals surface area contributed by atoms with E-state index in [2.05, 4.69) is 63.6 Å². The molecule has 4 amide bonds. The van der Waals surface area contributed by atoms with Gasteiger partial charge in [0, 0.05) is 86.9 Å². The van der Waals surface area contributed by atoms with Gasteiger partial charge in [0.2, 0.25) is 11.8 Å². The van der Waals surface area contributed by atoms with E-state index < -0.39 is 23.8 Å². The summed E-state index contributed by atoms with van der Waals surface area (Å²) in [6, 6.07) is 20.5. The summed E-state index contributed by atoms with van der Waals surface area (Å²) in [7, 11) is 0. The van der Waals surface area contributed by atoms with E-state index >= 15 is 0 Å². The van der Waals surface area contributed by atoms with E-state index in [4.69, 9.17) is 4.74 Å². The Hall–Kier alpha value is -6.94. The summed E-state index contributed by atoms with van der Waals surface area (Å²) < 4.78 is 7.85. The second kappa shape index (κ2) is 15.3. The highest BCUT2D eigenvalue weighted by Crippen LogP contribution is 2.34. The van der Waals surface area contributed by atoms with E-state index in [1.165, 1.54) is 6.33 Å². The van der Waals surface area contributed by atoms with Crippen molar-refractivity contribution in [1.82, 2.24) is 39.7 Å². The number of piperazine rings is 1. The molecule has 4 aliphatic heterocycles. The standard InChI is InChI=1S/C44H43N11O5/c1-27-20-29(2-8-38(27)60-32-12-15-54-39(23-32)46-26-48-54)49-41-34-6-4-31(22-36(34)45-25-47-41)52-13-10-28(11-14-52)24-51-16-18-53(19-17-51)30-3-5-33-35(21-30)44(59)55(43(33)58)37-7-9-40(56)50-42(37)57/h2-6,8,12,15,20-23,25-26,28,37H,7,9-11,13-14,16-19,24H2,1H3,(H,45,47,49)(H,50,56,57). The molecule has 3 fully saturated rings. The lowest BCUT2D eigenvalue weighted by Crippen LogP contribution is -2.54. The topological polar surface area (TPSA) is 170 Å². The zero-order valence-corrected chi connectivity index (χ0v) is 33.1. The lowest BCUT2D eigenvalue weighted by molar-refractivity contribution is -0.136. The fourth-order valence-corrected chi connectivity index (χ4v) is 8.89. The Kier molecular flexibility index (Phi) is 9.55. The molecule has 0 spiro atoms. The van der Waals surface area contributed by atoms with Gasteiger partial charge in [-0.25, -0.2) is 19.5 Å². The molecule has 16 heteroatoms. The molecule has 304 valence electrons. The van der Waals surface area contributed by atoms with Crippen LogP contribution in [0.5, 0.6) is 11.5 Å². The second-order valence-corrected chi connectivity index (χ2v) is 16.0. The molecule has 1 unspecified atom stereocenters. The fourth-order valence-electron chi connectivity index (χ4n) is 8.89. The lowest BCUT2D eigenvalue weighted by atomic mass is 9.95. The first-order valence-corrected chi connectivity index (χ1v) is 20.4. The predicted molar refractivity (Wildman–Crippen MR) is 224 cm³/mol. The molecule has 60 heavy (non-hydrogen) atoms. The Morgan fingerprint density at radius 2 is 1.55 bits per heavy atom. The smallest absolute Gasteiger partial charge is 0.262 e. The van der Waals surface area contributed by atoms with Crippen molar-refractivity contribution in [2.45, 2.75) is 38.6 Å². The lowest BCUT2D eigenvalue weighted by Gasteiger charge is -2.40. The molecule has 3 aromatic heterocycles. The molecule has 3 saturated heterocycles. The second-order valence-electron chi connectivity index (χ2n) is 16.0. The maximum Gasteiger partial charge on any atom is 0.262 e. The number of rotatable bonds is 9. The molecular weight excluding hydrogens is 763 g/mol. The first kappa shape index (κ1) is 37.3. The van der Waals surface area contributed by atoms with Crippen LogP contribution in [0.15, 0.2) is 85.6 Å². The third kappa shape index (κ3) is 7.12. The highest BCUT2D eigenvalue weighted by Gasteiger charge is 2.45. The molecule has 1 atom stereocenters. The number of imide groups is 2. The third-order valence-electron chi connectivity index (χ3n) is 12.2. The maximum absolute atomic E-state index is 13.4. The minimum atomic E-state index is -0.968. The van der Waals surface area contributed by atoms with E-state index in [-0.39, 0.29) is 18.7 Å². The number of carbonyl (C=O) groups excluding carboxylic acids is 4. The van der Waals surface area contributed by atoms with Crippen LogP contribution in [0.1, 0.15) is 52.0 Å². The first-order valence-electron chi connectivity index (χ1n) is 20.4. The van der Waals surface area contributed by atoms with Crippen LogP contribution in [0.3, 0.4) is 0 Å². The van der Waals surface area contributed by atoms with Gasteiger partial charge in [0.1, 0.15) is 36.0 Å². The molecular formula is C44H43N11O5. The molecule has 10 rings (SSSR count). The van der Waals surface area contributed by atoms with Crippen molar-refractivity contribution < 1.29 is 23.9 Å². The number of aromatic nitrogens is 5. The van der Waals surface area contributed by atoms with E-state index in [0.29, 0.717) is 22.8 Å². The van der Waals surface area contributed by atoms with Crippen molar-refractivity contribution in [2.24, 2.45) is 5.92 Å². The van der Waals surface area contributed by atoms with Gasteiger partial charge in [-0.2, -0.15) is 5.10 Å². The van der Waals surface area contributed by atoms with Gasteiger partial charge in [-0.1, -0.05) is 0 Å². The Bertz CT molecular complexity index is 2680. The SMILES string of the molecule is Cc1cc(Nc2ncnc3cc(N4CCC(CN5CCN(c6ccc7c(c6)C(=O)N(C6CCC(=O)NC6=O)C7=O)CC5)CC4)ccc23)ccc1Oc1ccn2ncnc2c1. The van der Waals surface area contributed by atoms with Crippen LogP contribution in [-0.2, 0) is 9.59 Å². The van der Waals surface area contributed by atoms with E-state index in [1.54, 1.807) is 23.0 Å². The highest BCUT2D eigenvalue weighted by molar-refractivity contribution is 6.23. The quantitative estimate of drug-likeness (QED) is 0.188. The van der Waals surface area contributed by atoms with Crippen LogP contribution < -0.4 is 25.2 Å². The zero-order valence-electron chi connectivity index (χ0n) is 33.1. The third-order valence-corrected chi connectivity index (χ3v) is 12.2. The summed E-state index contributed by atoms with van der Waals surface area (Å²) >= 11 is 0. The fraction of sp³-hybridized carbons (Fsp3) is 0.318. The molecule has 0 radical (unpaired) electrons. The summed E-state index contributed by atoms with van der Waals surface area (Å²) in [5, 5.41) is 10.8. The minimum absolute atomic E-state index is 0.0965. The van der Waals surface area contributed by atoms with E-state index in [0.717, 1.165) is 114 Å². The van der Waals surface area contributed by atoms with Crippen LogP contribution in [-0.4, -0.2) is 110 Å². The van der Waals surface area contributed by atoms with Gasteiger partial charge < -0.3 is 19.9 Å². The number of amides is 4. The summed E-state index contributed by atoms with van der Waals surface area (Å²) in [6.07, 6.45) is 7.39. The van der Waals surface area contributed by atoms with E-state index in [9.17, 15) is 19.2 Å². The van der Waals surface area contributed by atoms with Gasteiger partial charge in [-0.3, -0.25) is 34.3 Å². The van der Waals surface area contributed by atoms with Crippen LogP contribution in [0.2, 0.25) is 0 Å². The number of piperidine rings is 2. The summed E-state index contributed by atoms with van der Waals surface area (Å²) in [5.74, 6) is 0.839. The molecule has 4 aliphatic rings. The Morgan fingerprint density at radius 3 is 2.37 bits per heavy atom. The molecule has 0 saturated carbocycles. The van der Waals surface area contributed by atoms with Crippen LogP contribution >= 0.6 is 0 Å². The normalized spacial score (nSPS) is 19.0. The van der Waals surface area contributed by atoms with Crippen LogP contribution in [0.25, 0.3) is 16.6 Å². The number of nitrogens with zero attached hydrogens (tertiary/aromatic N) is 9. The van der Waals surface area contributed by atoms with Gasteiger partial charge in [0.05, 0.1) is 16.6 Å². The monoisotopic (exact) mass is 805 g/mol. The largest absolute Gasteiger partial charge is 0.457 e. The number of hydrogen-bond acceptors (Lipinski definition) is 13. The van der Waals surface area contributed by atoms with Crippen molar-refractivity contribution in [3.63, 3.8) is 0 Å². The first-order chi connectivity index (χ1) is 29.2. The van der Waals surface area contributed by atoms with Crippen molar-refractivity contribution in [2.75, 3.05) is 60.9 Å². The molecule has 2 N–H and O–H groups in total. The molecule has 0 bridgehead atoms. The summed E-state index contributed by atoms with van der Waals surface area (Å²) in [6.45, 7) is 8.46. The van der Waals surface area contributed by atoms with Crippen molar-refractivity contribution in [1.29, 1.82) is 0 Å². The number of ether oxygens (including phenoxy) is 1. The molecule has 6 aromatic rings. The zero-order chi connectivity index (χ0) is 40.9. The molecule has 16 nitrogen and oxygen atoms in total. The Labute approximate surface area is 345 Å². The number of carbonyl (C=O) groups is 4. The Balaban J connectivity index is 0.716. The number of nitrogens with one attached hydrogen (secondary N) is 2. The number of pyridine rings is 1. The number of benzene rings is 3. The highest BCUT2D eigenvalue weighted by atomic mass is 16.5. The van der Waals surface area contributed by atoms with E-state index in [1.807, 2.05) is 49.5 Å². The number of anilines is 4. The van der Waals surface area contributed by atoms with Crippen LogP contribution in [0, 0.1) is 12.8 Å². The van der Waals surface area contributed by atoms with Gasteiger partial charge in [-0.05, 0) is 98.3 Å². The van der Waals surface area contributed by atoms with Crippen molar-refractivity contribution >= 4 is 63.1 Å². The average molecular weight is 806 g/mol. The number of aryl methyl sites for hydroxylation is 1. The van der Waals surface area contributed by atoms with Gasteiger partial charge >= 0.3 is 0 Å². The van der Waals surface area contributed by atoms with Gasteiger partial charge in [0.25, 0.3) is 11.8 Å². The predicted octanol–water partition coefficient (Wildman–Crippen LogP) is 4.96. The number of hydrogen-bond donors (Lipinski definition) is 2. The molecule has 0 aliphatic carbocycles. The molecule has 3 aromatic carbocycles. The summed E-state index contributed by atoms with van der Waals surface area (Å²) in [5.41, 5.74) is 6.15. The number of fused-ring (bicyclic) bond motifs is 3. The maximum atomic E-state index is 13.4. The minimum Gasteiger partial charge on any atom is -0.457 e. The van der Waals surface area contributed by atoms with Crippen LogP contribution in [0.4, 0.5) is 22.9 Å². The molecule has 7 heterocycles.